The van der Waals surface area contributed by atoms with Crippen molar-refractivity contribution < 1.29 is 38.9 Å². The molecule has 2 aliphatic rings. The fourth-order valence-electron chi connectivity index (χ4n) is 1.76. The third kappa shape index (κ3) is 1.73. The fraction of sp³-hybridized carbons (Fsp3) is 1.00. The van der Waals surface area contributed by atoms with E-state index in [2.05, 4.69) is 9.05 Å². The monoisotopic (exact) mass is 242 g/mol. The maximum Gasteiger partial charge on any atom is 0.473 e. The summed E-state index contributed by atoms with van der Waals surface area (Å²) < 4.78 is 19.9. The van der Waals surface area contributed by atoms with Gasteiger partial charge in [0.25, 0.3) is 0 Å². The number of aliphatic hydroxyl groups is 4. The number of fused-ring (bicyclic) bond motifs is 2. The Morgan fingerprint density at radius 1 is 0.800 bits per heavy atom. The van der Waals surface area contributed by atoms with Crippen LogP contribution in [0.5, 0.6) is 0 Å². The van der Waals surface area contributed by atoms with Crippen molar-refractivity contribution in [1.29, 1.82) is 0 Å². The first-order valence-corrected chi connectivity index (χ1v) is 5.75. The van der Waals surface area contributed by atoms with E-state index in [1.54, 1.807) is 0 Å². The Hall–Kier alpha value is -0.0500. The van der Waals surface area contributed by atoms with Gasteiger partial charge in [-0.2, -0.15) is 0 Å². The van der Waals surface area contributed by atoms with Gasteiger partial charge in [0.05, 0.1) is 0 Å². The van der Waals surface area contributed by atoms with Crippen LogP contribution >= 0.6 is 7.82 Å². The van der Waals surface area contributed by atoms with E-state index in [4.69, 9.17) is 4.89 Å². The molecule has 1 heterocycles. The second-order valence-electron chi connectivity index (χ2n) is 3.57. The van der Waals surface area contributed by atoms with Crippen LogP contribution < -0.4 is 0 Å². The van der Waals surface area contributed by atoms with Crippen molar-refractivity contribution in [2.45, 2.75) is 36.6 Å². The highest BCUT2D eigenvalue weighted by molar-refractivity contribution is 7.47. The van der Waals surface area contributed by atoms with Crippen LogP contribution in [0.2, 0.25) is 0 Å². The van der Waals surface area contributed by atoms with Gasteiger partial charge in [-0.1, -0.05) is 0 Å². The molecule has 0 radical (unpaired) electrons. The zero-order valence-corrected chi connectivity index (χ0v) is 8.27. The smallest absolute Gasteiger partial charge is 0.387 e. The van der Waals surface area contributed by atoms with Crippen molar-refractivity contribution in [2.75, 3.05) is 0 Å². The van der Waals surface area contributed by atoms with Gasteiger partial charge in [-0.15, -0.1) is 0 Å². The molecule has 0 spiro atoms. The Balaban J connectivity index is 2.32. The summed E-state index contributed by atoms with van der Waals surface area (Å²) in [7, 11) is -4.39. The van der Waals surface area contributed by atoms with Crippen LogP contribution in [0.4, 0.5) is 0 Å². The zero-order valence-electron chi connectivity index (χ0n) is 7.37. The first kappa shape index (κ1) is 11.4. The number of aliphatic hydroxyl groups excluding tert-OH is 4. The second kappa shape index (κ2) is 3.47. The minimum atomic E-state index is -4.39. The Labute approximate surface area is 84.3 Å². The lowest BCUT2D eigenvalue weighted by atomic mass is 9.85. The number of rotatable bonds is 0. The van der Waals surface area contributed by atoms with E-state index in [0.29, 0.717) is 0 Å². The highest BCUT2D eigenvalue weighted by atomic mass is 31.2. The molecular weight excluding hydrogens is 231 g/mol. The third-order valence-corrected chi connectivity index (χ3v) is 3.58. The number of phosphoric acid groups is 1. The molecule has 15 heavy (non-hydrogen) atoms. The lowest BCUT2D eigenvalue weighted by Crippen LogP contribution is -2.66. The molecule has 2 rings (SSSR count). The van der Waals surface area contributed by atoms with Crippen LogP contribution in [0.1, 0.15) is 0 Å². The Morgan fingerprint density at radius 2 is 1.20 bits per heavy atom. The molecule has 5 N–H and O–H groups in total. The lowest BCUT2D eigenvalue weighted by Gasteiger charge is -2.47. The molecule has 1 saturated heterocycles. The highest BCUT2D eigenvalue weighted by Gasteiger charge is 2.57. The summed E-state index contributed by atoms with van der Waals surface area (Å²) in [6, 6.07) is 0. The molecular formula is C6H11O8P. The molecule has 4 unspecified atom stereocenters. The van der Waals surface area contributed by atoms with E-state index < -0.39 is 44.4 Å². The van der Waals surface area contributed by atoms with Gasteiger partial charge < -0.3 is 25.3 Å². The predicted molar refractivity (Wildman–Crippen MR) is 43.6 cm³/mol. The summed E-state index contributed by atoms with van der Waals surface area (Å²) in [6.45, 7) is 0. The van der Waals surface area contributed by atoms with Gasteiger partial charge in [0.15, 0.2) is 0 Å². The maximum atomic E-state index is 11.1. The van der Waals surface area contributed by atoms with Gasteiger partial charge in [0.2, 0.25) is 0 Å². The standard InChI is InChI=1S/C6H11O8P/c7-1-2(8)5-4(10)6(3(1)9)14-15(11,12)13-5/h1-10H,(H,11,12). The van der Waals surface area contributed by atoms with E-state index in [1.807, 2.05) is 0 Å². The topological polar surface area (TPSA) is 137 Å². The first-order valence-electron chi connectivity index (χ1n) is 4.25. The molecule has 9 heteroatoms. The maximum absolute atomic E-state index is 11.1. The summed E-state index contributed by atoms with van der Waals surface area (Å²) in [6.07, 6.45) is -9.24. The summed E-state index contributed by atoms with van der Waals surface area (Å²) in [4.78, 5) is 9.02. The minimum Gasteiger partial charge on any atom is -0.387 e. The molecule has 88 valence electrons. The molecule has 1 saturated carbocycles. The fourth-order valence-corrected chi connectivity index (χ4v) is 2.93. The van der Waals surface area contributed by atoms with Crippen LogP contribution in [0.3, 0.4) is 0 Å². The van der Waals surface area contributed by atoms with Gasteiger partial charge >= 0.3 is 7.82 Å². The normalized spacial score (nSPS) is 60.3. The molecule has 0 aromatic carbocycles. The van der Waals surface area contributed by atoms with Crippen LogP contribution in [0.15, 0.2) is 0 Å². The van der Waals surface area contributed by atoms with Crippen LogP contribution in [-0.4, -0.2) is 61.9 Å². The average molecular weight is 242 g/mol. The van der Waals surface area contributed by atoms with Gasteiger partial charge in [0.1, 0.15) is 36.6 Å². The Morgan fingerprint density at radius 3 is 1.60 bits per heavy atom. The molecule has 2 bridgehead atoms. The average Bonchev–Trinajstić information content (AvgIpc) is 2.16. The van der Waals surface area contributed by atoms with Crippen molar-refractivity contribution in [3.05, 3.63) is 0 Å². The molecule has 0 amide bonds. The van der Waals surface area contributed by atoms with E-state index in [9.17, 15) is 25.0 Å². The second-order valence-corrected chi connectivity index (χ2v) is 4.93. The predicted octanol–water partition coefficient (Wildman–Crippen LogP) is -2.67. The zero-order chi connectivity index (χ0) is 11.4. The molecule has 2 fully saturated rings. The van der Waals surface area contributed by atoms with E-state index >= 15 is 0 Å². The largest absolute Gasteiger partial charge is 0.473 e. The number of phosphoric ester groups is 1. The summed E-state index contributed by atoms with van der Waals surface area (Å²) in [5, 5.41) is 37.5. The van der Waals surface area contributed by atoms with Gasteiger partial charge in [-0.3, -0.25) is 9.05 Å². The first-order chi connectivity index (χ1) is 6.83. The highest BCUT2D eigenvalue weighted by Crippen LogP contribution is 2.53. The Kier molecular flexibility index (Phi) is 2.65. The molecule has 1 aliphatic carbocycles. The molecule has 0 aromatic rings. The van der Waals surface area contributed by atoms with Gasteiger partial charge in [-0.25, -0.2) is 4.57 Å². The van der Waals surface area contributed by atoms with E-state index in [-0.39, 0.29) is 0 Å². The SMILES string of the molecule is O=P1(O)OC2C(O)C(O)C(O)C(O1)C2O. The molecule has 1 aliphatic heterocycles. The lowest BCUT2D eigenvalue weighted by molar-refractivity contribution is -0.238. The van der Waals surface area contributed by atoms with Crippen molar-refractivity contribution in [3.63, 3.8) is 0 Å². The van der Waals surface area contributed by atoms with Gasteiger partial charge in [0, 0.05) is 0 Å². The van der Waals surface area contributed by atoms with Crippen molar-refractivity contribution in [1.82, 2.24) is 0 Å². The van der Waals surface area contributed by atoms with Gasteiger partial charge in [-0.05, 0) is 0 Å². The molecule has 0 aromatic heterocycles. The van der Waals surface area contributed by atoms with E-state index in [0.717, 1.165) is 0 Å². The van der Waals surface area contributed by atoms with E-state index in [1.165, 1.54) is 0 Å². The number of hydrogen-bond donors (Lipinski definition) is 5. The van der Waals surface area contributed by atoms with Crippen molar-refractivity contribution in [2.24, 2.45) is 0 Å². The molecule has 8 nitrogen and oxygen atoms in total. The summed E-state index contributed by atoms with van der Waals surface area (Å²) >= 11 is 0. The van der Waals surface area contributed by atoms with Crippen molar-refractivity contribution in [3.8, 4) is 0 Å². The Bertz CT molecular complexity index is 276. The quantitative estimate of drug-likeness (QED) is 0.290. The van der Waals surface area contributed by atoms with Crippen LogP contribution in [0, 0.1) is 0 Å². The van der Waals surface area contributed by atoms with Crippen LogP contribution in [-0.2, 0) is 13.6 Å². The third-order valence-electron chi connectivity index (χ3n) is 2.56. The molecule has 4 atom stereocenters. The number of hydrogen-bond acceptors (Lipinski definition) is 7. The minimum absolute atomic E-state index is 1.45. The van der Waals surface area contributed by atoms with Crippen LogP contribution in [0.25, 0.3) is 0 Å². The summed E-state index contributed by atoms with van der Waals surface area (Å²) in [5.41, 5.74) is 0. The van der Waals surface area contributed by atoms with Crippen molar-refractivity contribution >= 4 is 7.82 Å². The summed E-state index contributed by atoms with van der Waals surface area (Å²) in [5.74, 6) is 0.